The number of carbonyl (C=O) groups is 2. The lowest BCUT2D eigenvalue weighted by Crippen LogP contribution is -2.28. The van der Waals surface area contributed by atoms with Crippen molar-refractivity contribution < 1.29 is 14.3 Å². The Bertz CT molecular complexity index is 664. The number of benzene rings is 1. The molecule has 1 heterocycles. The lowest BCUT2D eigenvalue weighted by atomic mass is 10.2. The van der Waals surface area contributed by atoms with Gasteiger partial charge >= 0.3 is 0 Å². The molecule has 1 aliphatic rings. The first-order valence-corrected chi connectivity index (χ1v) is 8.80. The maximum absolute atomic E-state index is 12.1. The summed E-state index contributed by atoms with van der Waals surface area (Å²) < 4.78 is 5.06. The molecule has 0 saturated carbocycles. The molecule has 1 aromatic carbocycles. The number of methoxy groups -OCH3 is 1. The SMILES string of the molecule is COc1ccc(NC(=O)CC2SC(=NCC(C)C)NC2=O)cc1Cl. The van der Waals surface area contributed by atoms with Crippen LogP contribution in [0.15, 0.2) is 23.2 Å². The van der Waals surface area contributed by atoms with Crippen LogP contribution >= 0.6 is 23.4 Å². The maximum atomic E-state index is 12.1. The van der Waals surface area contributed by atoms with E-state index in [0.717, 1.165) is 0 Å². The molecule has 2 rings (SSSR count). The molecule has 0 aromatic heterocycles. The average molecular weight is 370 g/mol. The molecule has 1 atom stereocenters. The fourth-order valence-electron chi connectivity index (χ4n) is 2.00. The molecule has 0 bridgehead atoms. The number of nitrogens with zero attached hydrogens (tertiary/aromatic N) is 1. The lowest BCUT2D eigenvalue weighted by molar-refractivity contribution is -0.122. The Labute approximate surface area is 150 Å². The van der Waals surface area contributed by atoms with Gasteiger partial charge in [-0.2, -0.15) is 0 Å². The third-order valence-electron chi connectivity index (χ3n) is 3.18. The minimum atomic E-state index is -0.468. The lowest BCUT2D eigenvalue weighted by Gasteiger charge is -2.09. The molecule has 1 unspecified atom stereocenters. The van der Waals surface area contributed by atoms with Gasteiger partial charge in [0.1, 0.15) is 11.0 Å². The molecule has 0 spiro atoms. The minimum absolute atomic E-state index is 0.0703. The summed E-state index contributed by atoms with van der Waals surface area (Å²) in [6.45, 7) is 4.75. The molecule has 24 heavy (non-hydrogen) atoms. The van der Waals surface area contributed by atoms with Gasteiger partial charge < -0.3 is 15.4 Å². The minimum Gasteiger partial charge on any atom is -0.495 e. The van der Waals surface area contributed by atoms with Gasteiger partial charge in [0.25, 0.3) is 0 Å². The van der Waals surface area contributed by atoms with Gasteiger partial charge in [-0.15, -0.1) is 0 Å². The fraction of sp³-hybridized carbons (Fsp3) is 0.438. The Balaban J connectivity index is 1.91. The van der Waals surface area contributed by atoms with Crippen LogP contribution in [0.25, 0.3) is 0 Å². The zero-order chi connectivity index (χ0) is 17.7. The van der Waals surface area contributed by atoms with Gasteiger partial charge in [-0.1, -0.05) is 37.2 Å². The van der Waals surface area contributed by atoms with Crippen molar-refractivity contribution in [3.63, 3.8) is 0 Å². The van der Waals surface area contributed by atoms with E-state index in [9.17, 15) is 9.59 Å². The molecule has 8 heteroatoms. The number of carbonyl (C=O) groups excluding carboxylic acids is 2. The summed E-state index contributed by atoms with van der Waals surface area (Å²) in [6, 6.07) is 4.97. The average Bonchev–Trinajstić information content (AvgIpc) is 2.85. The topological polar surface area (TPSA) is 79.8 Å². The maximum Gasteiger partial charge on any atom is 0.240 e. The van der Waals surface area contributed by atoms with E-state index in [2.05, 4.69) is 29.5 Å². The van der Waals surface area contributed by atoms with Gasteiger partial charge in [-0.25, -0.2) is 0 Å². The molecule has 1 saturated heterocycles. The van der Waals surface area contributed by atoms with Crippen molar-refractivity contribution in [3.8, 4) is 5.75 Å². The first-order chi connectivity index (χ1) is 11.4. The number of hydrogen-bond acceptors (Lipinski definition) is 5. The van der Waals surface area contributed by atoms with Crippen LogP contribution in [0, 0.1) is 5.92 Å². The van der Waals surface area contributed by atoms with Crippen LogP contribution in [0.4, 0.5) is 5.69 Å². The van der Waals surface area contributed by atoms with Crippen LogP contribution < -0.4 is 15.4 Å². The monoisotopic (exact) mass is 369 g/mol. The van der Waals surface area contributed by atoms with Crippen LogP contribution in [-0.2, 0) is 9.59 Å². The molecule has 2 amide bonds. The standard InChI is InChI=1S/C16H20ClN3O3S/c1-9(2)8-18-16-20-15(22)13(24-16)7-14(21)19-10-4-5-12(23-3)11(17)6-10/h4-6,9,13H,7-8H2,1-3H3,(H,19,21)(H,18,20,22). The smallest absolute Gasteiger partial charge is 0.240 e. The second kappa shape index (κ2) is 8.39. The number of thioether (sulfide) groups is 1. The van der Waals surface area contributed by atoms with Crippen molar-refractivity contribution in [2.45, 2.75) is 25.5 Å². The van der Waals surface area contributed by atoms with Gasteiger partial charge in [0.15, 0.2) is 5.17 Å². The molecule has 2 N–H and O–H groups in total. The van der Waals surface area contributed by atoms with E-state index in [0.29, 0.717) is 34.1 Å². The largest absolute Gasteiger partial charge is 0.495 e. The number of ether oxygens (including phenoxy) is 1. The molecule has 1 aromatic rings. The second-order valence-electron chi connectivity index (χ2n) is 5.74. The first kappa shape index (κ1) is 18.6. The number of aliphatic imine (C=N–C) groups is 1. The third kappa shape index (κ3) is 5.14. The normalized spacial score (nSPS) is 18.8. The van der Waals surface area contributed by atoms with E-state index in [4.69, 9.17) is 16.3 Å². The molecule has 6 nitrogen and oxygen atoms in total. The van der Waals surface area contributed by atoms with Crippen molar-refractivity contribution in [3.05, 3.63) is 23.2 Å². The van der Waals surface area contributed by atoms with Crippen molar-refractivity contribution in [2.75, 3.05) is 19.0 Å². The van der Waals surface area contributed by atoms with Gasteiger partial charge in [0.2, 0.25) is 11.8 Å². The quantitative estimate of drug-likeness (QED) is 0.808. The summed E-state index contributed by atoms with van der Waals surface area (Å²) in [7, 11) is 1.52. The Kier molecular flexibility index (Phi) is 6.51. The zero-order valence-corrected chi connectivity index (χ0v) is 15.3. The van der Waals surface area contributed by atoms with Gasteiger partial charge in [-0.05, 0) is 24.1 Å². The number of anilines is 1. The van der Waals surface area contributed by atoms with E-state index >= 15 is 0 Å². The third-order valence-corrected chi connectivity index (χ3v) is 4.60. The molecular formula is C16H20ClN3O3S. The molecule has 0 radical (unpaired) electrons. The number of halogens is 1. The Morgan fingerprint density at radius 1 is 1.50 bits per heavy atom. The van der Waals surface area contributed by atoms with Crippen LogP contribution in [-0.4, -0.2) is 35.9 Å². The van der Waals surface area contributed by atoms with Crippen LogP contribution in [0.3, 0.4) is 0 Å². The fourth-order valence-corrected chi connectivity index (χ4v) is 3.24. The zero-order valence-electron chi connectivity index (χ0n) is 13.8. The van der Waals surface area contributed by atoms with Crippen molar-refractivity contribution in [1.82, 2.24) is 5.32 Å². The van der Waals surface area contributed by atoms with Crippen LogP contribution in [0.5, 0.6) is 5.75 Å². The predicted octanol–water partition coefficient (Wildman–Crippen LogP) is 2.92. The molecule has 0 aliphatic carbocycles. The summed E-state index contributed by atoms with van der Waals surface area (Å²) in [5, 5.41) is 5.97. The Morgan fingerprint density at radius 3 is 2.88 bits per heavy atom. The van der Waals surface area contributed by atoms with E-state index < -0.39 is 5.25 Å². The summed E-state index contributed by atoms with van der Waals surface area (Å²) in [5.41, 5.74) is 0.558. The molecule has 1 fully saturated rings. The number of amides is 2. The Morgan fingerprint density at radius 2 is 2.25 bits per heavy atom. The summed E-state index contributed by atoms with van der Waals surface area (Å²) in [5.74, 6) is 0.503. The number of amidine groups is 1. The first-order valence-electron chi connectivity index (χ1n) is 7.54. The summed E-state index contributed by atoms with van der Waals surface area (Å²) in [4.78, 5) is 28.4. The van der Waals surface area contributed by atoms with E-state index in [1.165, 1.54) is 18.9 Å². The van der Waals surface area contributed by atoms with E-state index in [-0.39, 0.29) is 18.2 Å². The Hall–Kier alpha value is -1.73. The van der Waals surface area contributed by atoms with E-state index in [1.807, 2.05) is 0 Å². The highest BCUT2D eigenvalue weighted by molar-refractivity contribution is 8.15. The van der Waals surface area contributed by atoms with Crippen LogP contribution in [0.2, 0.25) is 5.02 Å². The highest BCUT2D eigenvalue weighted by Crippen LogP contribution is 2.28. The van der Waals surface area contributed by atoms with Crippen molar-refractivity contribution >= 4 is 46.0 Å². The highest BCUT2D eigenvalue weighted by atomic mass is 35.5. The van der Waals surface area contributed by atoms with Crippen molar-refractivity contribution in [1.29, 1.82) is 0 Å². The molecule has 1 aliphatic heterocycles. The predicted molar refractivity (Wildman–Crippen MR) is 97.9 cm³/mol. The summed E-state index contributed by atoms with van der Waals surface area (Å²) in [6.07, 6.45) is 0.0703. The van der Waals surface area contributed by atoms with Crippen LogP contribution in [0.1, 0.15) is 20.3 Å². The molecule has 130 valence electrons. The van der Waals surface area contributed by atoms with Gasteiger partial charge in [0, 0.05) is 18.7 Å². The molecular weight excluding hydrogens is 350 g/mol. The second-order valence-corrected chi connectivity index (χ2v) is 7.34. The van der Waals surface area contributed by atoms with Gasteiger partial charge in [0.05, 0.1) is 12.1 Å². The van der Waals surface area contributed by atoms with E-state index in [1.54, 1.807) is 18.2 Å². The van der Waals surface area contributed by atoms with Gasteiger partial charge in [-0.3, -0.25) is 14.6 Å². The van der Waals surface area contributed by atoms with Crippen molar-refractivity contribution in [2.24, 2.45) is 10.9 Å². The number of hydrogen-bond donors (Lipinski definition) is 2. The number of nitrogens with one attached hydrogen (secondary N) is 2. The highest BCUT2D eigenvalue weighted by Gasteiger charge is 2.32. The summed E-state index contributed by atoms with van der Waals surface area (Å²) >= 11 is 7.32. The number of rotatable bonds is 6.